The van der Waals surface area contributed by atoms with Gasteiger partial charge in [0.1, 0.15) is 0 Å². The number of hydrogen-bond acceptors (Lipinski definition) is 2. The summed E-state index contributed by atoms with van der Waals surface area (Å²) in [6.07, 6.45) is 5.17. The molecular formula is C16H25ClN2O. The van der Waals surface area contributed by atoms with Crippen molar-refractivity contribution in [3.8, 4) is 0 Å². The van der Waals surface area contributed by atoms with E-state index in [9.17, 15) is 4.79 Å². The molecule has 0 fully saturated rings. The second-order valence-corrected chi connectivity index (χ2v) is 5.48. The van der Waals surface area contributed by atoms with Gasteiger partial charge in [-0.25, -0.2) is 0 Å². The van der Waals surface area contributed by atoms with E-state index in [0.717, 1.165) is 31.2 Å². The van der Waals surface area contributed by atoms with Crippen molar-refractivity contribution >= 4 is 18.3 Å². The van der Waals surface area contributed by atoms with Crippen LogP contribution < -0.4 is 11.1 Å². The SMILES string of the molecule is CCC(CC)(CN)NC(=O)c1ccc2c(c1)CCC2.Cl. The number of rotatable bonds is 5. The van der Waals surface area contributed by atoms with Gasteiger partial charge in [-0.1, -0.05) is 19.9 Å². The lowest BCUT2D eigenvalue weighted by atomic mass is 9.92. The quantitative estimate of drug-likeness (QED) is 0.878. The van der Waals surface area contributed by atoms with Gasteiger partial charge in [-0.15, -0.1) is 12.4 Å². The molecular weight excluding hydrogens is 272 g/mol. The van der Waals surface area contributed by atoms with Gasteiger partial charge in [0.25, 0.3) is 5.91 Å². The summed E-state index contributed by atoms with van der Waals surface area (Å²) in [4.78, 5) is 12.4. The van der Waals surface area contributed by atoms with Crippen molar-refractivity contribution in [2.24, 2.45) is 5.73 Å². The Morgan fingerprint density at radius 1 is 1.25 bits per heavy atom. The average molecular weight is 297 g/mol. The molecule has 3 nitrogen and oxygen atoms in total. The molecule has 2 rings (SSSR count). The van der Waals surface area contributed by atoms with Crippen LogP contribution in [0.4, 0.5) is 0 Å². The van der Waals surface area contributed by atoms with Crippen LogP contribution in [0.15, 0.2) is 18.2 Å². The van der Waals surface area contributed by atoms with Crippen LogP contribution in [0.1, 0.15) is 54.6 Å². The molecule has 0 heterocycles. The standard InChI is InChI=1S/C16H24N2O.ClH/c1-3-16(4-2,11-17)18-15(19)14-9-8-12-6-5-7-13(12)10-14;/h8-10H,3-7,11,17H2,1-2H3,(H,18,19);1H. The van der Waals surface area contributed by atoms with Crippen LogP contribution in [0.25, 0.3) is 0 Å². The summed E-state index contributed by atoms with van der Waals surface area (Å²) in [5.41, 5.74) is 9.06. The zero-order valence-corrected chi connectivity index (χ0v) is 13.2. The molecule has 3 N–H and O–H groups in total. The first-order chi connectivity index (χ1) is 9.14. The molecule has 0 aliphatic heterocycles. The number of nitrogens with one attached hydrogen (secondary N) is 1. The number of fused-ring (bicyclic) bond motifs is 1. The third-order valence-corrected chi connectivity index (χ3v) is 4.48. The first kappa shape index (κ1) is 17.0. The number of hydrogen-bond donors (Lipinski definition) is 2. The van der Waals surface area contributed by atoms with Crippen LogP contribution in [0.3, 0.4) is 0 Å². The monoisotopic (exact) mass is 296 g/mol. The van der Waals surface area contributed by atoms with Gasteiger partial charge in [-0.3, -0.25) is 4.79 Å². The Kier molecular flexibility index (Phi) is 6.03. The highest BCUT2D eigenvalue weighted by Gasteiger charge is 2.27. The van der Waals surface area contributed by atoms with Gasteiger partial charge in [-0.2, -0.15) is 0 Å². The molecule has 1 aromatic carbocycles. The summed E-state index contributed by atoms with van der Waals surface area (Å²) < 4.78 is 0. The Balaban J connectivity index is 0.00000200. The summed E-state index contributed by atoms with van der Waals surface area (Å²) >= 11 is 0. The zero-order valence-electron chi connectivity index (χ0n) is 12.4. The molecule has 20 heavy (non-hydrogen) atoms. The van der Waals surface area contributed by atoms with E-state index in [4.69, 9.17) is 5.73 Å². The van der Waals surface area contributed by atoms with Crippen LogP contribution in [-0.2, 0) is 12.8 Å². The van der Waals surface area contributed by atoms with Crippen molar-refractivity contribution in [1.82, 2.24) is 5.32 Å². The number of halogens is 1. The number of carbonyl (C=O) groups excluding carboxylic acids is 1. The maximum atomic E-state index is 12.4. The molecule has 0 aromatic heterocycles. The first-order valence-electron chi connectivity index (χ1n) is 7.28. The Bertz CT molecular complexity index is 461. The Morgan fingerprint density at radius 2 is 1.90 bits per heavy atom. The van der Waals surface area contributed by atoms with Crippen LogP contribution in [-0.4, -0.2) is 18.0 Å². The molecule has 0 radical (unpaired) electrons. The topological polar surface area (TPSA) is 55.1 Å². The van der Waals surface area contributed by atoms with E-state index in [1.54, 1.807) is 0 Å². The Hall–Kier alpha value is -1.06. The fraction of sp³-hybridized carbons (Fsp3) is 0.562. The largest absolute Gasteiger partial charge is 0.345 e. The van der Waals surface area contributed by atoms with Crippen molar-refractivity contribution in [3.05, 3.63) is 34.9 Å². The van der Waals surface area contributed by atoms with E-state index in [1.807, 2.05) is 12.1 Å². The number of benzene rings is 1. The van der Waals surface area contributed by atoms with Gasteiger partial charge in [0, 0.05) is 12.1 Å². The molecule has 1 aromatic rings. The minimum absolute atomic E-state index is 0. The van der Waals surface area contributed by atoms with E-state index >= 15 is 0 Å². The normalized spacial score (nSPS) is 13.6. The molecule has 0 unspecified atom stereocenters. The van der Waals surface area contributed by atoms with E-state index in [2.05, 4.69) is 25.2 Å². The number of carbonyl (C=O) groups is 1. The molecule has 0 bridgehead atoms. The van der Waals surface area contributed by atoms with Crippen molar-refractivity contribution in [3.63, 3.8) is 0 Å². The number of nitrogens with two attached hydrogens (primary N) is 1. The second kappa shape index (κ2) is 7.09. The molecule has 1 aliphatic carbocycles. The Morgan fingerprint density at radius 3 is 2.50 bits per heavy atom. The highest BCUT2D eigenvalue weighted by Crippen LogP contribution is 2.23. The van der Waals surface area contributed by atoms with Gasteiger partial charge in [-0.05, 0) is 55.4 Å². The fourth-order valence-corrected chi connectivity index (χ4v) is 2.79. The van der Waals surface area contributed by atoms with Crippen molar-refractivity contribution in [2.45, 2.75) is 51.5 Å². The van der Waals surface area contributed by atoms with Gasteiger partial charge in [0.15, 0.2) is 0 Å². The summed E-state index contributed by atoms with van der Waals surface area (Å²) in [6, 6.07) is 6.08. The van der Waals surface area contributed by atoms with Gasteiger partial charge >= 0.3 is 0 Å². The number of amides is 1. The molecule has 1 aliphatic rings. The molecule has 1 amide bonds. The summed E-state index contributed by atoms with van der Waals surface area (Å²) in [5, 5.41) is 3.12. The molecule has 112 valence electrons. The minimum Gasteiger partial charge on any atom is -0.345 e. The summed E-state index contributed by atoms with van der Waals surface area (Å²) in [7, 11) is 0. The van der Waals surface area contributed by atoms with Crippen LogP contribution in [0, 0.1) is 0 Å². The van der Waals surface area contributed by atoms with Gasteiger partial charge in [0.05, 0.1) is 5.54 Å². The summed E-state index contributed by atoms with van der Waals surface area (Å²) in [6.45, 7) is 4.62. The van der Waals surface area contributed by atoms with E-state index in [0.29, 0.717) is 6.54 Å². The van der Waals surface area contributed by atoms with Crippen molar-refractivity contribution in [2.75, 3.05) is 6.54 Å². The predicted molar refractivity (Wildman–Crippen MR) is 85.5 cm³/mol. The predicted octanol–water partition coefficient (Wildman–Crippen LogP) is 2.84. The maximum absolute atomic E-state index is 12.4. The minimum atomic E-state index is -0.268. The third kappa shape index (κ3) is 3.33. The third-order valence-electron chi connectivity index (χ3n) is 4.48. The van der Waals surface area contributed by atoms with Crippen LogP contribution in [0.2, 0.25) is 0 Å². The van der Waals surface area contributed by atoms with Crippen molar-refractivity contribution in [1.29, 1.82) is 0 Å². The van der Waals surface area contributed by atoms with E-state index in [1.165, 1.54) is 17.5 Å². The molecule has 0 saturated heterocycles. The molecule has 0 atom stereocenters. The van der Waals surface area contributed by atoms with Gasteiger partial charge < -0.3 is 11.1 Å². The highest BCUT2D eigenvalue weighted by atomic mass is 35.5. The maximum Gasteiger partial charge on any atom is 0.251 e. The van der Waals surface area contributed by atoms with Crippen molar-refractivity contribution < 1.29 is 4.79 Å². The lowest BCUT2D eigenvalue weighted by Gasteiger charge is -2.31. The lowest BCUT2D eigenvalue weighted by molar-refractivity contribution is 0.0895. The van der Waals surface area contributed by atoms with Gasteiger partial charge in [0.2, 0.25) is 0 Å². The van der Waals surface area contributed by atoms with E-state index < -0.39 is 0 Å². The molecule has 0 spiro atoms. The second-order valence-electron chi connectivity index (χ2n) is 5.48. The fourth-order valence-electron chi connectivity index (χ4n) is 2.79. The van der Waals surface area contributed by atoms with Crippen LogP contribution >= 0.6 is 12.4 Å². The zero-order chi connectivity index (χ0) is 13.9. The Labute approximate surface area is 127 Å². The lowest BCUT2D eigenvalue weighted by Crippen LogP contribution is -2.52. The van der Waals surface area contributed by atoms with E-state index in [-0.39, 0.29) is 23.9 Å². The summed E-state index contributed by atoms with van der Waals surface area (Å²) in [5.74, 6) is 0.00356. The molecule has 4 heteroatoms. The number of aryl methyl sites for hydroxylation is 2. The smallest absolute Gasteiger partial charge is 0.251 e. The highest BCUT2D eigenvalue weighted by molar-refractivity contribution is 5.95. The average Bonchev–Trinajstić information content (AvgIpc) is 2.92. The van der Waals surface area contributed by atoms with Crippen LogP contribution in [0.5, 0.6) is 0 Å². The first-order valence-corrected chi connectivity index (χ1v) is 7.28. The molecule has 0 saturated carbocycles.